The highest BCUT2D eigenvalue weighted by Gasteiger charge is 2.14. The van der Waals surface area contributed by atoms with Gasteiger partial charge in [0, 0.05) is 0 Å². The number of fused-ring (bicyclic) bond motifs is 1. The number of hydrogen-bond acceptors (Lipinski definition) is 0. The van der Waals surface area contributed by atoms with E-state index in [1.165, 1.54) is 79.2 Å². The molecule has 28 heavy (non-hydrogen) atoms. The van der Waals surface area contributed by atoms with E-state index in [4.69, 9.17) is 0 Å². The van der Waals surface area contributed by atoms with Gasteiger partial charge in [0.2, 0.25) is 0 Å². The number of hydrogen-bond donors (Lipinski definition) is 0. The average molecular weight is 373 g/mol. The molecule has 0 nitrogen and oxygen atoms in total. The van der Waals surface area contributed by atoms with E-state index >= 15 is 0 Å². The second-order valence-corrected chi connectivity index (χ2v) is 8.48. The van der Waals surface area contributed by atoms with Crippen molar-refractivity contribution >= 4 is 5.57 Å². The summed E-state index contributed by atoms with van der Waals surface area (Å²) < 4.78 is 0. The number of unbranched alkanes of at least 4 members (excludes halogenated alkanes) is 4. The van der Waals surface area contributed by atoms with Crippen molar-refractivity contribution in [1.29, 1.82) is 0 Å². The Labute approximate surface area is 172 Å². The van der Waals surface area contributed by atoms with Crippen molar-refractivity contribution < 1.29 is 0 Å². The van der Waals surface area contributed by atoms with Gasteiger partial charge in [-0.1, -0.05) is 82.2 Å². The zero-order valence-corrected chi connectivity index (χ0v) is 17.9. The molecule has 0 aromatic heterocycles. The van der Waals surface area contributed by atoms with Gasteiger partial charge in [-0.2, -0.15) is 0 Å². The highest BCUT2D eigenvalue weighted by atomic mass is 14.2. The van der Waals surface area contributed by atoms with Gasteiger partial charge in [-0.3, -0.25) is 0 Å². The third-order valence-corrected chi connectivity index (χ3v) is 6.27. The first-order chi connectivity index (χ1) is 13.6. The predicted octanol–water partition coefficient (Wildman–Crippen LogP) is 7.81. The molecule has 0 atom stereocenters. The molecule has 0 saturated carbocycles. The first-order valence-corrected chi connectivity index (χ1v) is 11.2. The lowest BCUT2D eigenvalue weighted by Gasteiger charge is -2.17. The molecule has 0 N–H and O–H groups in total. The monoisotopic (exact) mass is 372 g/mol. The van der Waals surface area contributed by atoms with Gasteiger partial charge in [0.1, 0.15) is 0 Å². The Morgan fingerprint density at radius 1 is 0.929 bits per heavy atom. The molecule has 1 aliphatic rings. The molecule has 0 radical (unpaired) electrons. The zero-order valence-electron chi connectivity index (χ0n) is 17.9. The Bertz CT molecular complexity index is 837. The van der Waals surface area contributed by atoms with Crippen LogP contribution in [0.1, 0.15) is 78.8 Å². The number of benzene rings is 2. The number of rotatable bonds is 10. The molecule has 2 aromatic carbocycles. The van der Waals surface area contributed by atoms with Crippen molar-refractivity contribution in [3.8, 4) is 0 Å². The van der Waals surface area contributed by atoms with Crippen LogP contribution in [0.15, 0.2) is 55.1 Å². The summed E-state index contributed by atoms with van der Waals surface area (Å²) in [6.07, 6.45) is 12.4. The van der Waals surface area contributed by atoms with E-state index in [2.05, 4.69) is 63.4 Å². The van der Waals surface area contributed by atoms with Gasteiger partial charge in [-0.25, -0.2) is 0 Å². The molecule has 0 heteroatoms. The van der Waals surface area contributed by atoms with Gasteiger partial charge in [0.05, 0.1) is 0 Å². The summed E-state index contributed by atoms with van der Waals surface area (Å²) >= 11 is 0. The predicted molar refractivity (Wildman–Crippen MR) is 124 cm³/mol. The maximum absolute atomic E-state index is 4.45. The molecule has 0 unspecified atom stereocenters. The molecule has 0 amide bonds. The summed E-state index contributed by atoms with van der Waals surface area (Å²) in [5.74, 6) is 0. The Morgan fingerprint density at radius 3 is 2.54 bits per heavy atom. The Hall–Kier alpha value is -2.08. The van der Waals surface area contributed by atoms with Crippen molar-refractivity contribution in [3.63, 3.8) is 0 Å². The lowest BCUT2D eigenvalue weighted by atomic mass is 9.88. The van der Waals surface area contributed by atoms with Gasteiger partial charge in [0.25, 0.3) is 0 Å². The van der Waals surface area contributed by atoms with Gasteiger partial charge in [-0.15, -0.1) is 0 Å². The molecule has 0 saturated heterocycles. The van der Waals surface area contributed by atoms with Gasteiger partial charge in [-0.05, 0) is 90.0 Å². The minimum absolute atomic E-state index is 0.899. The fourth-order valence-electron chi connectivity index (χ4n) is 4.50. The molecule has 3 rings (SSSR count). The van der Waals surface area contributed by atoms with E-state index in [0.29, 0.717) is 0 Å². The third-order valence-electron chi connectivity index (χ3n) is 6.27. The zero-order chi connectivity index (χ0) is 19.9. The second kappa shape index (κ2) is 9.92. The minimum Gasteiger partial charge on any atom is -0.0949 e. The largest absolute Gasteiger partial charge is 0.0949 e. The number of allylic oxidation sites excluding steroid dienone is 2. The highest BCUT2D eigenvalue weighted by molar-refractivity contribution is 5.79. The van der Waals surface area contributed by atoms with Gasteiger partial charge < -0.3 is 0 Å². The van der Waals surface area contributed by atoms with Crippen molar-refractivity contribution in [2.24, 2.45) is 0 Å². The summed E-state index contributed by atoms with van der Waals surface area (Å²) in [7, 11) is 0. The van der Waals surface area contributed by atoms with Gasteiger partial charge >= 0.3 is 0 Å². The van der Waals surface area contributed by atoms with E-state index in [-0.39, 0.29) is 0 Å². The maximum atomic E-state index is 4.45. The average Bonchev–Trinajstić information content (AvgIpc) is 3.16. The first-order valence-electron chi connectivity index (χ1n) is 11.2. The molecule has 2 aromatic rings. The first kappa shape index (κ1) is 20.6. The van der Waals surface area contributed by atoms with Crippen molar-refractivity contribution in [2.75, 3.05) is 0 Å². The SMILES string of the molecule is C=C(Cc1ccc2c(c1)CCC2)C(=C)c1cccc(C)c1CCCCCCC. The van der Waals surface area contributed by atoms with Gasteiger partial charge in [0.15, 0.2) is 0 Å². The molecular weight excluding hydrogens is 336 g/mol. The highest BCUT2D eigenvalue weighted by Crippen LogP contribution is 2.30. The summed E-state index contributed by atoms with van der Waals surface area (Å²) in [6.45, 7) is 13.4. The molecule has 0 bridgehead atoms. The normalized spacial score (nSPS) is 12.8. The Kier molecular flexibility index (Phi) is 7.31. The molecule has 0 aliphatic heterocycles. The molecule has 148 valence electrons. The third kappa shape index (κ3) is 5.04. The summed E-state index contributed by atoms with van der Waals surface area (Å²) in [6, 6.07) is 13.6. The van der Waals surface area contributed by atoms with Crippen molar-refractivity contribution in [1.82, 2.24) is 0 Å². The summed E-state index contributed by atoms with van der Waals surface area (Å²) in [5, 5.41) is 0. The van der Waals surface area contributed by atoms with Crippen LogP contribution in [0, 0.1) is 6.92 Å². The quantitative estimate of drug-likeness (QED) is 0.295. The molecule has 1 aliphatic carbocycles. The van der Waals surface area contributed by atoms with Crippen LogP contribution in [0.3, 0.4) is 0 Å². The van der Waals surface area contributed by atoms with E-state index in [1.807, 2.05) is 0 Å². The molecular formula is C28H36. The van der Waals surface area contributed by atoms with Crippen LogP contribution in [0.4, 0.5) is 0 Å². The van der Waals surface area contributed by atoms with Crippen LogP contribution >= 0.6 is 0 Å². The van der Waals surface area contributed by atoms with Crippen LogP contribution in [0.2, 0.25) is 0 Å². The smallest absolute Gasteiger partial charge is 0.00256 e. The molecule has 0 spiro atoms. The maximum Gasteiger partial charge on any atom is -0.00256 e. The summed E-state index contributed by atoms with van der Waals surface area (Å²) in [5.41, 5.74) is 10.9. The van der Waals surface area contributed by atoms with E-state index < -0.39 is 0 Å². The second-order valence-electron chi connectivity index (χ2n) is 8.48. The van der Waals surface area contributed by atoms with Crippen molar-refractivity contribution in [3.05, 3.63) is 88.5 Å². The van der Waals surface area contributed by atoms with E-state index in [9.17, 15) is 0 Å². The number of aryl methyl sites for hydroxylation is 3. The Balaban J connectivity index is 1.69. The molecule has 0 fully saturated rings. The van der Waals surface area contributed by atoms with Crippen molar-refractivity contribution in [2.45, 2.75) is 78.1 Å². The van der Waals surface area contributed by atoms with Crippen LogP contribution in [0.5, 0.6) is 0 Å². The van der Waals surface area contributed by atoms with E-state index in [0.717, 1.165) is 24.0 Å². The summed E-state index contributed by atoms with van der Waals surface area (Å²) in [4.78, 5) is 0. The molecule has 0 heterocycles. The lowest BCUT2D eigenvalue weighted by Crippen LogP contribution is -2.00. The minimum atomic E-state index is 0.899. The van der Waals surface area contributed by atoms with E-state index in [1.54, 1.807) is 5.56 Å². The standard InChI is InChI=1S/C28H36/c1-5-6-7-8-9-15-27-21(2)12-10-16-28(27)23(4)22(3)19-24-17-18-25-13-11-14-26(25)20-24/h10,12,16-18,20H,3-9,11,13-15,19H2,1-2H3. The lowest BCUT2D eigenvalue weighted by molar-refractivity contribution is 0.631. The van der Waals surface area contributed by atoms with Crippen LogP contribution in [-0.2, 0) is 25.7 Å². The Morgan fingerprint density at radius 2 is 1.71 bits per heavy atom. The van der Waals surface area contributed by atoms with Crippen LogP contribution in [-0.4, -0.2) is 0 Å². The fourth-order valence-corrected chi connectivity index (χ4v) is 4.50. The van der Waals surface area contributed by atoms with Crippen LogP contribution in [0.25, 0.3) is 5.57 Å². The van der Waals surface area contributed by atoms with Crippen LogP contribution < -0.4 is 0 Å². The topological polar surface area (TPSA) is 0 Å². The fraction of sp³-hybridized carbons (Fsp3) is 0.429.